The Morgan fingerprint density at radius 2 is 2.14 bits per heavy atom. The van der Waals surface area contributed by atoms with Crippen molar-refractivity contribution >= 4 is 12.0 Å². The molecule has 0 radical (unpaired) electrons. The standard InChI is InChI=1S/C13H21N5O3/c14-11(12(19)20)1-4-16-13(21)17-6-2-10(3-7-17)18-8-5-15-9-18/h5,8-11H,1-4,6-7,14H2,(H,16,21)(H,19,20)/t11-/m0/s1. The van der Waals surface area contributed by atoms with Crippen molar-refractivity contribution in [1.29, 1.82) is 0 Å². The van der Waals surface area contributed by atoms with Gasteiger partial charge in [0.2, 0.25) is 0 Å². The van der Waals surface area contributed by atoms with E-state index in [0.29, 0.717) is 19.1 Å². The Hall–Kier alpha value is -2.09. The quantitative estimate of drug-likeness (QED) is 0.709. The molecule has 1 saturated heterocycles. The number of hydrogen-bond acceptors (Lipinski definition) is 4. The Balaban J connectivity index is 1.69. The molecule has 116 valence electrons. The highest BCUT2D eigenvalue weighted by molar-refractivity contribution is 5.75. The van der Waals surface area contributed by atoms with Crippen LogP contribution in [-0.4, -0.2) is 57.2 Å². The number of aromatic nitrogens is 2. The third kappa shape index (κ3) is 4.19. The van der Waals surface area contributed by atoms with Crippen molar-refractivity contribution in [1.82, 2.24) is 19.8 Å². The summed E-state index contributed by atoms with van der Waals surface area (Å²) in [6, 6.07) is -0.703. The van der Waals surface area contributed by atoms with E-state index in [-0.39, 0.29) is 19.0 Å². The Morgan fingerprint density at radius 3 is 2.71 bits per heavy atom. The fourth-order valence-electron chi connectivity index (χ4n) is 2.42. The molecule has 0 unspecified atom stereocenters. The zero-order valence-corrected chi connectivity index (χ0v) is 11.8. The van der Waals surface area contributed by atoms with Gasteiger partial charge in [-0.1, -0.05) is 0 Å². The molecular weight excluding hydrogens is 274 g/mol. The number of carboxylic acid groups (broad SMARTS) is 1. The van der Waals surface area contributed by atoms with Gasteiger partial charge in [0.05, 0.1) is 6.33 Å². The summed E-state index contributed by atoms with van der Waals surface area (Å²) < 4.78 is 2.07. The first kappa shape index (κ1) is 15.3. The fourth-order valence-corrected chi connectivity index (χ4v) is 2.42. The second-order valence-corrected chi connectivity index (χ2v) is 5.19. The molecule has 21 heavy (non-hydrogen) atoms. The minimum Gasteiger partial charge on any atom is -0.480 e. The first-order chi connectivity index (χ1) is 10.1. The number of amides is 2. The zero-order valence-electron chi connectivity index (χ0n) is 11.8. The van der Waals surface area contributed by atoms with Crippen LogP contribution in [0.2, 0.25) is 0 Å². The number of nitrogens with zero attached hydrogens (tertiary/aromatic N) is 3. The number of piperidine rings is 1. The molecular formula is C13H21N5O3. The van der Waals surface area contributed by atoms with Crippen LogP contribution in [-0.2, 0) is 4.79 Å². The minimum absolute atomic E-state index is 0.156. The largest absolute Gasteiger partial charge is 0.480 e. The average molecular weight is 295 g/mol. The summed E-state index contributed by atoms with van der Waals surface area (Å²) in [5.74, 6) is -1.05. The Bertz CT molecular complexity index is 468. The number of urea groups is 1. The van der Waals surface area contributed by atoms with Crippen molar-refractivity contribution in [2.75, 3.05) is 19.6 Å². The Labute approximate surface area is 122 Å². The van der Waals surface area contributed by atoms with Crippen LogP contribution < -0.4 is 11.1 Å². The topological polar surface area (TPSA) is 113 Å². The van der Waals surface area contributed by atoms with Gasteiger partial charge >= 0.3 is 12.0 Å². The highest BCUT2D eigenvalue weighted by atomic mass is 16.4. The normalized spacial score (nSPS) is 17.5. The van der Waals surface area contributed by atoms with E-state index in [1.165, 1.54) is 0 Å². The molecule has 4 N–H and O–H groups in total. The summed E-state index contributed by atoms with van der Waals surface area (Å²) in [5, 5.41) is 11.4. The molecule has 1 aromatic rings. The van der Waals surface area contributed by atoms with E-state index in [1.807, 2.05) is 6.20 Å². The second-order valence-electron chi connectivity index (χ2n) is 5.19. The van der Waals surface area contributed by atoms with E-state index >= 15 is 0 Å². The lowest BCUT2D eigenvalue weighted by molar-refractivity contribution is -0.138. The number of carbonyl (C=O) groups is 2. The maximum absolute atomic E-state index is 12.0. The van der Waals surface area contributed by atoms with Crippen LogP contribution in [0.4, 0.5) is 4.79 Å². The molecule has 2 heterocycles. The molecule has 1 fully saturated rings. The third-order valence-electron chi connectivity index (χ3n) is 3.75. The summed E-state index contributed by atoms with van der Waals surface area (Å²) in [6.07, 6.45) is 7.50. The number of nitrogens with one attached hydrogen (secondary N) is 1. The number of rotatable bonds is 5. The van der Waals surface area contributed by atoms with Crippen LogP contribution >= 0.6 is 0 Å². The molecule has 1 aromatic heterocycles. The van der Waals surface area contributed by atoms with Gasteiger partial charge in [0, 0.05) is 38.1 Å². The maximum Gasteiger partial charge on any atom is 0.320 e. The number of carbonyl (C=O) groups excluding carboxylic acids is 1. The highest BCUT2D eigenvalue weighted by Gasteiger charge is 2.23. The van der Waals surface area contributed by atoms with E-state index in [1.54, 1.807) is 17.4 Å². The van der Waals surface area contributed by atoms with Crippen molar-refractivity contribution in [2.24, 2.45) is 5.73 Å². The SMILES string of the molecule is N[C@@H](CCNC(=O)N1CCC(n2ccnc2)CC1)C(=O)O. The minimum atomic E-state index is -1.05. The van der Waals surface area contributed by atoms with Crippen molar-refractivity contribution in [2.45, 2.75) is 31.3 Å². The van der Waals surface area contributed by atoms with Crippen LogP contribution in [0.3, 0.4) is 0 Å². The molecule has 1 aliphatic rings. The Kier molecular flexibility index (Phi) is 5.15. The number of nitrogens with two attached hydrogens (primary N) is 1. The number of carboxylic acids is 1. The molecule has 8 nitrogen and oxygen atoms in total. The summed E-state index contributed by atoms with van der Waals surface area (Å²) in [6.45, 7) is 1.63. The number of likely N-dealkylation sites (tertiary alicyclic amines) is 1. The van der Waals surface area contributed by atoms with E-state index < -0.39 is 12.0 Å². The fraction of sp³-hybridized carbons (Fsp3) is 0.615. The molecule has 0 bridgehead atoms. The van der Waals surface area contributed by atoms with E-state index in [2.05, 4.69) is 14.9 Å². The van der Waals surface area contributed by atoms with Gasteiger partial charge in [0.15, 0.2) is 0 Å². The summed E-state index contributed by atoms with van der Waals surface area (Å²) in [7, 11) is 0. The van der Waals surface area contributed by atoms with Gasteiger partial charge in [-0.15, -0.1) is 0 Å². The molecule has 0 aliphatic carbocycles. The van der Waals surface area contributed by atoms with Gasteiger partial charge in [-0.2, -0.15) is 0 Å². The van der Waals surface area contributed by atoms with Gasteiger partial charge < -0.3 is 25.6 Å². The number of hydrogen-bond donors (Lipinski definition) is 3. The van der Waals surface area contributed by atoms with Gasteiger partial charge in [-0.3, -0.25) is 4.79 Å². The van der Waals surface area contributed by atoms with Crippen LogP contribution in [0.1, 0.15) is 25.3 Å². The summed E-state index contributed by atoms with van der Waals surface area (Å²) >= 11 is 0. The van der Waals surface area contributed by atoms with Crippen LogP contribution in [0, 0.1) is 0 Å². The second kappa shape index (κ2) is 7.07. The first-order valence-corrected chi connectivity index (χ1v) is 7.06. The lowest BCUT2D eigenvalue weighted by Crippen LogP contribution is -2.46. The highest BCUT2D eigenvalue weighted by Crippen LogP contribution is 2.21. The van der Waals surface area contributed by atoms with Crippen LogP contribution in [0.5, 0.6) is 0 Å². The zero-order chi connectivity index (χ0) is 15.2. The van der Waals surface area contributed by atoms with E-state index in [9.17, 15) is 9.59 Å². The maximum atomic E-state index is 12.0. The van der Waals surface area contributed by atoms with Crippen molar-refractivity contribution in [3.63, 3.8) is 0 Å². The van der Waals surface area contributed by atoms with Crippen LogP contribution in [0.15, 0.2) is 18.7 Å². The third-order valence-corrected chi connectivity index (χ3v) is 3.75. The average Bonchev–Trinajstić information content (AvgIpc) is 3.01. The molecule has 2 amide bonds. The predicted molar refractivity (Wildman–Crippen MR) is 75.7 cm³/mol. The lowest BCUT2D eigenvalue weighted by atomic mass is 10.1. The van der Waals surface area contributed by atoms with Crippen molar-refractivity contribution in [3.05, 3.63) is 18.7 Å². The molecule has 0 spiro atoms. The molecule has 0 aromatic carbocycles. The smallest absolute Gasteiger partial charge is 0.320 e. The molecule has 1 atom stereocenters. The number of imidazole rings is 1. The van der Waals surface area contributed by atoms with E-state index in [0.717, 1.165) is 12.8 Å². The summed E-state index contributed by atoms with van der Waals surface area (Å²) in [4.78, 5) is 28.3. The van der Waals surface area contributed by atoms with Gasteiger partial charge in [-0.05, 0) is 19.3 Å². The van der Waals surface area contributed by atoms with Gasteiger partial charge in [0.25, 0.3) is 0 Å². The molecule has 0 saturated carbocycles. The van der Waals surface area contributed by atoms with Crippen molar-refractivity contribution in [3.8, 4) is 0 Å². The molecule has 8 heteroatoms. The number of aliphatic carboxylic acids is 1. The van der Waals surface area contributed by atoms with Crippen molar-refractivity contribution < 1.29 is 14.7 Å². The predicted octanol–water partition coefficient (Wildman–Crippen LogP) is 0.0316. The van der Waals surface area contributed by atoms with Crippen LogP contribution in [0.25, 0.3) is 0 Å². The van der Waals surface area contributed by atoms with E-state index in [4.69, 9.17) is 10.8 Å². The molecule has 1 aliphatic heterocycles. The summed E-state index contributed by atoms with van der Waals surface area (Å²) in [5.41, 5.74) is 5.38. The molecule has 2 rings (SSSR count). The van der Waals surface area contributed by atoms with Gasteiger partial charge in [0.1, 0.15) is 6.04 Å². The monoisotopic (exact) mass is 295 g/mol. The van der Waals surface area contributed by atoms with Gasteiger partial charge in [-0.25, -0.2) is 9.78 Å². The lowest BCUT2D eigenvalue weighted by Gasteiger charge is -2.32. The Morgan fingerprint density at radius 1 is 1.43 bits per heavy atom. The first-order valence-electron chi connectivity index (χ1n) is 7.06.